The fourth-order valence-corrected chi connectivity index (χ4v) is 5.82. The summed E-state index contributed by atoms with van der Waals surface area (Å²) in [7, 11) is -1.95. The molecule has 1 aliphatic rings. The number of nitrogens with one attached hydrogen (secondary N) is 1. The standard InChI is InChI=1S/C34H36N4O6S/c1-34(45(3,41)42,33(40)36-44-32-6-4-5-23-43-32)19-22-38-21-18-29(24-31(38)39)27-13-9-25(10-14-27)7-8-26-11-15-28(16-12-26)30-17-20-35-37(30)2/h9-18,20-21,24,32H,4-6,19,22-23H2,1-3H3,(H,36,40). The van der Waals surface area contributed by atoms with Crippen LogP contribution in [0.2, 0.25) is 0 Å². The highest BCUT2D eigenvalue weighted by Crippen LogP contribution is 2.24. The molecule has 3 heterocycles. The summed E-state index contributed by atoms with van der Waals surface area (Å²) in [6.07, 6.45) is 6.05. The summed E-state index contributed by atoms with van der Waals surface area (Å²) < 4.78 is 32.2. The smallest absolute Gasteiger partial charge is 0.264 e. The molecule has 234 valence electrons. The first-order valence-electron chi connectivity index (χ1n) is 14.7. The number of ether oxygens (including phenoxy) is 1. The Morgan fingerprint density at radius 3 is 2.24 bits per heavy atom. The van der Waals surface area contributed by atoms with Crippen molar-refractivity contribution in [3.05, 3.63) is 101 Å². The van der Waals surface area contributed by atoms with E-state index in [1.54, 1.807) is 18.5 Å². The third-order valence-electron chi connectivity index (χ3n) is 8.12. The molecule has 1 fully saturated rings. The topological polar surface area (TPSA) is 122 Å². The lowest BCUT2D eigenvalue weighted by Gasteiger charge is -2.28. The SMILES string of the molecule is Cn1nccc1-c1ccc(C#Cc2ccc(-c3ccn(CCC(C)(C(=O)NOC4CCCCO4)S(C)(=O)=O)c(=O)c3)cc2)cc1. The minimum Gasteiger partial charge on any atom is -0.350 e. The largest absolute Gasteiger partial charge is 0.350 e. The van der Waals surface area contributed by atoms with E-state index in [1.807, 2.05) is 66.3 Å². The van der Waals surface area contributed by atoms with Crippen LogP contribution >= 0.6 is 0 Å². The lowest BCUT2D eigenvalue weighted by Crippen LogP contribution is -2.51. The van der Waals surface area contributed by atoms with Crippen molar-refractivity contribution in [3.8, 4) is 34.2 Å². The van der Waals surface area contributed by atoms with Gasteiger partial charge in [-0.15, -0.1) is 0 Å². The predicted octanol–water partition coefficient (Wildman–Crippen LogP) is 4.08. The molecule has 45 heavy (non-hydrogen) atoms. The molecule has 10 nitrogen and oxygen atoms in total. The molecule has 2 aromatic carbocycles. The summed E-state index contributed by atoms with van der Waals surface area (Å²) in [5, 5.41) is 4.21. The van der Waals surface area contributed by atoms with Crippen molar-refractivity contribution in [1.29, 1.82) is 0 Å². The van der Waals surface area contributed by atoms with Gasteiger partial charge in [-0.2, -0.15) is 5.10 Å². The number of aromatic nitrogens is 3. The molecule has 1 N–H and O–H groups in total. The first kappa shape index (κ1) is 31.9. The Labute approximate surface area is 262 Å². The van der Waals surface area contributed by atoms with E-state index in [1.165, 1.54) is 17.6 Å². The van der Waals surface area contributed by atoms with E-state index >= 15 is 0 Å². The number of hydrogen-bond donors (Lipinski definition) is 1. The molecular formula is C34H36N4O6S. The molecule has 0 bridgehead atoms. The number of sulfone groups is 1. The van der Waals surface area contributed by atoms with Crippen LogP contribution in [0.15, 0.2) is 83.9 Å². The molecule has 1 amide bonds. The van der Waals surface area contributed by atoms with Crippen LogP contribution in [0.5, 0.6) is 0 Å². The van der Waals surface area contributed by atoms with Crippen molar-refractivity contribution in [1.82, 2.24) is 19.8 Å². The number of carbonyl (C=O) groups is 1. The molecule has 1 aliphatic heterocycles. The average Bonchev–Trinajstić information content (AvgIpc) is 3.48. The number of hydroxylamine groups is 1. The van der Waals surface area contributed by atoms with E-state index in [4.69, 9.17) is 9.57 Å². The number of nitrogens with zero attached hydrogens (tertiary/aromatic N) is 3. The molecule has 1 saturated heterocycles. The molecule has 4 aromatic rings. The molecule has 0 radical (unpaired) electrons. The number of rotatable bonds is 9. The number of benzene rings is 2. The predicted molar refractivity (Wildman–Crippen MR) is 171 cm³/mol. The molecule has 5 rings (SSSR count). The van der Waals surface area contributed by atoms with Gasteiger partial charge in [0.05, 0.1) is 5.69 Å². The van der Waals surface area contributed by atoms with E-state index in [0.717, 1.165) is 47.0 Å². The summed E-state index contributed by atoms with van der Waals surface area (Å²) in [6.45, 7) is 1.88. The summed E-state index contributed by atoms with van der Waals surface area (Å²) in [4.78, 5) is 31.3. The summed E-state index contributed by atoms with van der Waals surface area (Å²) in [5.74, 6) is 5.56. The van der Waals surface area contributed by atoms with Crippen LogP contribution in [0.1, 0.15) is 43.7 Å². The molecule has 2 atom stereocenters. The van der Waals surface area contributed by atoms with E-state index in [9.17, 15) is 18.0 Å². The lowest BCUT2D eigenvalue weighted by molar-refractivity contribution is -0.201. The summed E-state index contributed by atoms with van der Waals surface area (Å²) in [6, 6.07) is 20.8. The van der Waals surface area contributed by atoms with Crippen LogP contribution < -0.4 is 11.0 Å². The molecule has 2 unspecified atom stereocenters. The third-order valence-corrected chi connectivity index (χ3v) is 10.1. The molecule has 2 aromatic heterocycles. The average molecular weight is 629 g/mol. The zero-order valence-electron chi connectivity index (χ0n) is 25.5. The fraction of sp³-hybridized carbons (Fsp3) is 0.324. The monoisotopic (exact) mass is 628 g/mol. The zero-order chi connectivity index (χ0) is 32.0. The Hall–Kier alpha value is -4.50. The van der Waals surface area contributed by atoms with Gasteiger partial charge in [-0.1, -0.05) is 36.1 Å². The highest BCUT2D eigenvalue weighted by Gasteiger charge is 2.44. The van der Waals surface area contributed by atoms with Gasteiger partial charge in [-0.3, -0.25) is 14.3 Å². The Bertz CT molecular complexity index is 1880. The van der Waals surface area contributed by atoms with Gasteiger partial charge in [-0.25, -0.2) is 18.7 Å². The Kier molecular flexibility index (Phi) is 9.68. The van der Waals surface area contributed by atoms with Crippen LogP contribution in [0.25, 0.3) is 22.4 Å². The van der Waals surface area contributed by atoms with Gasteiger partial charge in [0.2, 0.25) is 0 Å². The Balaban J connectivity index is 1.22. The number of carbonyl (C=O) groups excluding carboxylic acids is 1. The number of hydrogen-bond acceptors (Lipinski definition) is 7. The lowest BCUT2D eigenvalue weighted by atomic mass is 10.0. The maximum atomic E-state index is 13.0. The molecule has 0 saturated carbocycles. The van der Waals surface area contributed by atoms with Crippen molar-refractivity contribution in [2.24, 2.45) is 7.05 Å². The van der Waals surface area contributed by atoms with Crippen molar-refractivity contribution < 1.29 is 22.8 Å². The van der Waals surface area contributed by atoms with E-state index < -0.39 is 26.8 Å². The molecule has 11 heteroatoms. The van der Waals surface area contributed by atoms with E-state index in [-0.39, 0.29) is 18.5 Å². The van der Waals surface area contributed by atoms with Crippen molar-refractivity contribution in [2.45, 2.75) is 50.2 Å². The maximum absolute atomic E-state index is 13.0. The zero-order valence-corrected chi connectivity index (χ0v) is 26.3. The van der Waals surface area contributed by atoms with Crippen LogP contribution in [-0.2, 0) is 37.8 Å². The van der Waals surface area contributed by atoms with Gasteiger partial charge in [0.25, 0.3) is 11.5 Å². The van der Waals surface area contributed by atoms with Crippen LogP contribution in [0.4, 0.5) is 0 Å². The van der Waals surface area contributed by atoms with Crippen LogP contribution in [0, 0.1) is 11.8 Å². The Morgan fingerprint density at radius 1 is 1.02 bits per heavy atom. The van der Waals surface area contributed by atoms with Crippen LogP contribution in [0.3, 0.4) is 0 Å². The van der Waals surface area contributed by atoms with Gasteiger partial charge in [0, 0.05) is 62.5 Å². The highest BCUT2D eigenvalue weighted by molar-refractivity contribution is 7.92. The van der Waals surface area contributed by atoms with Crippen LogP contribution in [-0.4, -0.2) is 52.6 Å². The normalized spacial score (nSPS) is 16.3. The fourth-order valence-electron chi connectivity index (χ4n) is 4.98. The molecular weight excluding hydrogens is 592 g/mol. The second kappa shape index (κ2) is 13.6. The first-order chi connectivity index (χ1) is 21.5. The van der Waals surface area contributed by atoms with Gasteiger partial charge in [-0.05, 0) is 79.3 Å². The summed E-state index contributed by atoms with van der Waals surface area (Å²) >= 11 is 0. The molecule has 0 spiro atoms. The summed E-state index contributed by atoms with van der Waals surface area (Å²) in [5.41, 5.74) is 7.34. The maximum Gasteiger partial charge on any atom is 0.264 e. The van der Waals surface area contributed by atoms with Crippen molar-refractivity contribution in [3.63, 3.8) is 0 Å². The minimum atomic E-state index is -3.85. The van der Waals surface area contributed by atoms with Gasteiger partial charge in [0.15, 0.2) is 20.9 Å². The molecule has 0 aliphatic carbocycles. The van der Waals surface area contributed by atoms with Gasteiger partial charge in [0.1, 0.15) is 0 Å². The third kappa shape index (κ3) is 7.60. The van der Waals surface area contributed by atoms with Gasteiger partial charge < -0.3 is 9.30 Å². The second-order valence-corrected chi connectivity index (χ2v) is 13.7. The van der Waals surface area contributed by atoms with Gasteiger partial charge >= 0.3 is 0 Å². The quantitative estimate of drug-likeness (QED) is 0.219. The minimum absolute atomic E-state index is 0.0214. The first-order valence-corrected chi connectivity index (χ1v) is 16.6. The highest BCUT2D eigenvalue weighted by atomic mass is 32.2. The van der Waals surface area contributed by atoms with Crippen molar-refractivity contribution >= 4 is 15.7 Å². The van der Waals surface area contributed by atoms with E-state index in [2.05, 4.69) is 22.4 Å². The van der Waals surface area contributed by atoms with E-state index in [0.29, 0.717) is 18.6 Å². The number of amides is 1. The number of aryl methyl sites for hydroxylation is 2. The van der Waals surface area contributed by atoms with Crippen molar-refractivity contribution in [2.75, 3.05) is 12.9 Å². The Morgan fingerprint density at radius 2 is 1.69 bits per heavy atom. The number of pyridine rings is 1. The second-order valence-electron chi connectivity index (χ2n) is 11.3.